The Morgan fingerprint density at radius 2 is 2.00 bits per heavy atom. The molecule has 21 heavy (non-hydrogen) atoms. The predicted molar refractivity (Wildman–Crippen MR) is 72.5 cm³/mol. The summed E-state index contributed by atoms with van der Waals surface area (Å²) in [6, 6.07) is 10.0. The van der Waals surface area contributed by atoms with Gasteiger partial charge in [-0.1, -0.05) is 12.1 Å². The molecule has 6 heteroatoms. The Hall–Kier alpha value is -2.81. The van der Waals surface area contributed by atoms with Crippen LogP contribution in [0.1, 0.15) is 16.8 Å². The van der Waals surface area contributed by atoms with Crippen LogP contribution in [-0.2, 0) is 0 Å². The van der Waals surface area contributed by atoms with E-state index in [4.69, 9.17) is 5.26 Å². The molecule has 1 heterocycles. The summed E-state index contributed by atoms with van der Waals surface area (Å²) in [5.74, 6) is -1.82. The van der Waals surface area contributed by atoms with Gasteiger partial charge in [-0.2, -0.15) is 9.65 Å². The van der Waals surface area contributed by atoms with Gasteiger partial charge in [0.25, 0.3) is 5.91 Å². The topological polar surface area (TPSA) is 57.0 Å². The fourth-order valence-corrected chi connectivity index (χ4v) is 1.82. The standard InChI is InChI=1S/C15H11F2N3O/c16-12-4-1-2-5-13(12)20(9-3-8-18)15(21)11-6-7-14(17)19-10-11/h1-2,4-7,10H,3,9H2. The third-order valence-corrected chi connectivity index (χ3v) is 2.81. The zero-order valence-electron chi connectivity index (χ0n) is 11.0. The van der Waals surface area contributed by atoms with Crippen molar-refractivity contribution in [2.45, 2.75) is 6.42 Å². The molecule has 0 spiro atoms. The summed E-state index contributed by atoms with van der Waals surface area (Å²) >= 11 is 0. The summed E-state index contributed by atoms with van der Waals surface area (Å²) < 4.78 is 26.7. The molecular weight excluding hydrogens is 276 g/mol. The molecule has 0 N–H and O–H groups in total. The molecule has 1 amide bonds. The van der Waals surface area contributed by atoms with Gasteiger partial charge >= 0.3 is 0 Å². The minimum absolute atomic E-state index is 0.0354. The van der Waals surface area contributed by atoms with Crippen LogP contribution in [0.5, 0.6) is 0 Å². The normalized spacial score (nSPS) is 9.95. The van der Waals surface area contributed by atoms with Gasteiger partial charge in [-0.25, -0.2) is 9.37 Å². The summed E-state index contributed by atoms with van der Waals surface area (Å²) in [5, 5.41) is 8.68. The minimum atomic E-state index is -0.707. The third-order valence-electron chi connectivity index (χ3n) is 2.81. The molecule has 0 aliphatic heterocycles. The molecule has 4 nitrogen and oxygen atoms in total. The highest BCUT2D eigenvalue weighted by atomic mass is 19.1. The van der Waals surface area contributed by atoms with Gasteiger partial charge in [0.1, 0.15) is 5.82 Å². The number of nitriles is 1. The minimum Gasteiger partial charge on any atom is -0.304 e. The number of hydrogen-bond donors (Lipinski definition) is 0. The van der Waals surface area contributed by atoms with E-state index in [0.717, 1.165) is 17.2 Å². The molecule has 0 saturated carbocycles. The van der Waals surface area contributed by atoms with Crippen molar-refractivity contribution in [2.24, 2.45) is 0 Å². The van der Waals surface area contributed by atoms with E-state index in [1.807, 2.05) is 6.07 Å². The van der Waals surface area contributed by atoms with E-state index >= 15 is 0 Å². The summed E-state index contributed by atoms with van der Waals surface area (Å²) in [4.78, 5) is 17.0. The maximum atomic E-state index is 13.9. The number of carbonyl (C=O) groups is 1. The van der Waals surface area contributed by atoms with Crippen molar-refractivity contribution in [3.05, 3.63) is 59.9 Å². The van der Waals surface area contributed by atoms with E-state index in [0.29, 0.717) is 0 Å². The van der Waals surface area contributed by atoms with Crippen LogP contribution in [0.2, 0.25) is 0 Å². The average Bonchev–Trinajstić information content (AvgIpc) is 2.50. The molecule has 0 fully saturated rings. The first-order valence-corrected chi connectivity index (χ1v) is 6.18. The summed E-state index contributed by atoms with van der Waals surface area (Å²) in [6.45, 7) is 0.0354. The molecule has 0 aliphatic rings. The van der Waals surface area contributed by atoms with Gasteiger partial charge < -0.3 is 4.90 Å². The van der Waals surface area contributed by atoms with Crippen molar-refractivity contribution in [3.8, 4) is 6.07 Å². The number of aromatic nitrogens is 1. The molecule has 0 bridgehead atoms. The smallest absolute Gasteiger partial charge is 0.259 e. The van der Waals surface area contributed by atoms with Gasteiger partial charge in [-0.3, -0.25) is 4.79 Å². The van der Waals surface area contributed by atoms with E-state index in [9.17, 15) is 13.6 Å². The summed E-state index contributed by atoms with van der Waals surface area (Å²) in [5.41, 5.74) is 0.194. The number of para-hydroxylation sites is 1. The van der Waals surface area contributed by atoms with Crippen LogP contribution in [0.3, 0.4) is 0 Å². The van der Waals surface area contributed by atoms with Crippen molar-refractivity contribution in [1.29, 1.82) is 5.26 Å². The Balaban J connectivity index is 2.36. The van der Waals surface area contributed by atoms with Crippen molar-refractivity contribution in [3.63, 3.8) is 0 Å². The van der Waals surface area contributed by atoms with Gasteiger partial charge in [-0.15, -0.1) is 0 Å². The molecule has 0 radical (unpaired) electrons. The first-order valence-electron chi connectivity index (χ1n) is 6.18. The first kappa shape index (κ1) is 14.6. The van der Waals surface area contributed by atoms with Crippen molar-refractivity contribution < 1.29 is 13.6 Å². The molecule has 0 atom stereocenters. The van der Waals surface area contributed by atoms with E-state index in [1.165, 1.54) is 24.3 Å². The van der Waals surface area contributed by atoms with Crippen molar-refractivity contribution >= 4 is 11.6 Å². The Morgan fingerprint density at radius 1 is 1.24 bits per heavy atom. The molecular formula is C15H11F2N3O. The lowest BCUT2D eigenvalue weighted by atomic mass is 10.2. The van der Waals surface area contributed by atoms with Crippen LogP contribution in [0.4, 0.5) is 14.5 Å². The highest BCUT2D eigenvalue weighted by Crippen LogP contribution is 2.21. The zero-order chi connectivity index (χ0) is 15.2. The molecule has 2 rings (SSSR count). The van der Waals surface area contributed by atoms with E-state index in [-0.39, 0.29) is 24.2 Å². The summed E-state index contributed by atoms with van der Waals surface area (Å²) in [7, 11) is 0. The number of halogens is 2. The zero-order valence-corrected chi connectivity index (χ0v) is 11.0. The molecule has 0 saturated heterocycles. The third kappa shape index (κ3) is 3.39. The van der Waals surface area contributed by atoms with Crippen LogP contribution in [-0.4, -0.2) is 17.4 Å². The van der Waals surface area contributed by atoms with Gasteiger partial charge in [0, 0.05) is 12.7 Å². The van der Waals surface area contributed by atoms with Gasteiger partial charge in [0.15, 0.2) is 0 Å². The lowest BCUT2D eigenvalue weighted by Crippen LogP contribution is -2.32. The van der Waals surface area contributed by atoms with Gasteiger partial charge in [0.05, 0.1) is 23.7 Å². The molecule has 2 aromatic rings. The molecule has 1 aromatic heterocycles. The second-order valence-electron chi connectivity index (χ2n) is 4.19. The predicted octanol–water partition coefficient (Wildman–Crippen LogP) is 2.92. The van der Waals surface area contributed by atoms with Crippen LogP contribution < -0.4 is 4.90 Å². The quantitative estimate of drug-likeness (QED) is 0.812. The first-order chi connectivity index (χ1) is 10.1. The van der Waals surface area contributed by atoms with Crippen LogP contribution in [0, 0.1) is 23.1 Å². The van der Waals surface area contributed by atoms with Crippen LogP contribution in [0.15, 0.2) is 42.6 Å². The Morgan fingerprint density at radius 3 is 2.62 bits per heavy atom. The van der Waals surface area contributed by atoms with E-state index in [2.05, 4.69) is 4.98 Å². The van der Waals surface area contributed by atoms with E-state index < -0.39 is 17.7 Å². The highest BCUT2D eigenvalue weighted by Gasteiger charge is 2.20. The molecule has 0 unspecified atom stereocenters. The Kier molecular flexibility index (Phi) is 4.57. The average molecular weight is 287 g/mol. The number of pyridine rings is 1. The van der Waals surface area contributed by atoms with Gasteiger partial charge in [-0.05, 0) is 24.3 Å². The monoisotopic (exact) mass is 287 g/mol. The molecule has 1 aromatic carbocycles. The lowest BCUT2D eigenvalue weighted by molar-refractivity contribution is 0.0986. The number of amides is 1. The highest BCUT2D eigenvalue weighted by molar-refractivity contribution is 6.05. The molecule has 106 valence electrons. The van der Waals surface area contributed by atoms with Crippen molar-refractivity contribution in [1.82, 2.24) is 4.98 Å². The number of anilines is 1. The molecule has 0 aliphatic carbocycles. The number of hydrogen-bond acceptors (Lipinski definition) is 3. The van der Waals surface area contributed by atoms with Gasteiger partial charge in [0.2, 0.25) is 5.95 Å². The Bertz CT molecular complexity index is 680. The number of carbonyl (C=O) groups excluding carboxylic acids is 1. The number of benzene rings is 1. The lowest BCUT2D eigenvalue weighted by Gasteiger charge is -2.22. The fraction of sp³-hybridized carbons (Fsp3) is 0.133. The number of nitrogens with zero attached hydrogens (tertiary/aromatic N) is 3. The summed E-state index contributed by atoms with van der Waals surface area (Å²) in [6.07, 6.45) is 1.13. The van der Waals surface area contributed by atoms with Crippen LogP contribution in [0.25, 0.3) is 0 Å². The van der Waals surface area contributed by atoms with Crippen molar-refractivity contribution in [2.75, 3.05) is 11.4 Å². The maximum absolute atomic E-state index is 13.9. The maximum Gasteiger partial charge on any atom is 0.259 e. The van der Waals surface area contributed by atoms with E-state index in [1.54, 1.807) is 6.07 Å². The SMILES string of the molecule is N#CCCN(C(=O)c1ccc(F)nc1)c1ccccc1F. The second-order valence-corrected chi connectivity index (χ2v) is 4.19. The second kappa shape index (κ2) is 6.57. The number of rotatable bonds is 4. The van der Waals surface area contributed by atoms with Crippen LogP contribution >= 0.6 is 0 Å². The fourth-order valence-electron chi connectivity index (χ4n) is 1.82. The largest absolute Gasteiger partial charge is 0.304 e. The Labute approximate surface area is 120 Å².